The van der Waals surface area contributed by atoms with Crippen LogP contribution in [0.1, 0.15) is 28.9 Å². The molecule has 0 aliphatic rings. The highest BCUT2D eigenvalue weighted by molar-refractivity contribution is 9.11. The third kappa shape index (κ3) is 3.87. The number of nitrogens with zero attached hydrogens (tertiary/aromatic N) is 1. The summed E-state index contributed by atoms with van der Waals surface area (Å²) in [6.45, 7) is 1.98. The summed E-state index contributed by atoms with van der Waals surface area (Å²) in [7, 11) is 1.79. The van der Waals surface area contributed by atoms with Gasteiger partial charge in [0.05, 0.1) is 11.6 Å². The van der Waals surface area contributed by atoms with Gasteiger partial charge in [0.25, 0.3) is 5.91 Å². The highest BCUT2D eigenvalue weighted by Crippen LogP contribution is 2.27. The molecule has 0 aliphatic carbocycles. The van der Waals surface area contributed by atoms with Crippen molar-refractivity contribution in [3.63, 3.8) is 0 Å². The zero-order chi connectivity index (χ0) is 15.6. The summed E-state index contributed by atoms with van der Waals surface area (Å²) < 4.78 is 1.70. The number of rotatable bonds is 3. The number of hydrogen-bond acceptors (Lipinski definition) is 1. The largest absolute Gasteiger partial charge is 0.335 e. The Morgan fingerprint density at radius 2 is 1.90 bits per heavy atom. The van der Waals surface area contributed by atoms with Gasteiger partial charge in [-0.3, -0.25) is 4.79 Å². The second kappa shape index (κ2) is 6.95. The molecule has 2 nitrogen and oxygen atoms in total. The fourth-order valence-corrected chi connectivity index (χ4v) is 3.43. The van der Waals surface area contributed by atoms with Crippen molar-refractivity contribution in [3.8, 4) is 0 Å². The van der Waals surface area contributed by atoms with E-state index in [1.807, 2.05) is 43.3 Å². The predicted molar refractivity (Wildman–Crippen MR) is 93.8 cm³/mol. The fraction of sp³-hybridized carbons (Fsp3) is 0.188. The first-order valence-electron chi connectivity index (χ1n) is 6.38. The lowest BCUT2D eigenvalue weighted by molar-refractivity contribution is 0.0741. The van der Waals surface area contributed by atoms with E-state index in [0.29, 0.717) is 10.6 Å². The van der Waals surface area contributed by atoms with Gasteiger partial charge in [-0.2, -0.15) is 0 Å². The average Bonchev–Trinajstić information content (AvgIpc) is 2.45. The van der Waals surface area contributed by atoms with Crippen LogP contribution in [0.4, 0.5) is 0 Å². The van der Waals surface area contributed by atoms with Gasteiger partial charge in [0.15, 0.2) is 0 Å². The quantitative estimate of drug-likeness (QED) is 0.611. The first-order valence-corrected chi connectivity index (χ1v) is 8.34. The Hall–Kier alpha value is -0.840. The molecule has 2 rings (SSSR count). The van der Waals surface area contributed by atoms with Crippen LogP contribution in [0.15, 0.2) is 51.4 Å². The van der Waals surface area contributed by atoms with Crippen molar-refractivity contribution >= 4 is 49.4 Å². The summed E-state index contributed by atoms with van der Waals surface area (Å²) in [5.41, 5.74) is 1.64. The summed E-state index contributed by atoms with van der Waals surface area (Å²) >= 11 is 12.8. The Morgan fingerprint density at radius 1 is 1.19 bits per heavy atom. The molecule has 0 saturated heterocycles. The lowest BCUT2D eigenvalue weighted by Crippen LogP contribution is -2.29. The summed E-state index contributed by atoms with van der Waals surface area (Å²) in [5.74, 6) is -0.0400. The first kappa shape index (κ1) is 16.5. The van der Waals surface area contributed by atoms with Crippen LogP contribution in [0.2, 0.25) is 5.02 Å². The molecule has 0 spiro atoms. The molecule has 2 aromatic rings. The van der Waals surface area contributed by atoms with Crippen molar-refractivity contribution in [3.05, 3.63) is 67.6 Å². The van der Waals surface area contributed by atoms with Crippen LogP contribution in [0.5, 0.6) is 0 Å². The third-order valence-electron chi connectivity index (χ3n) is 3.39. The number of hydrogen-bond donors (Lipinski definition) is 0. The number of carbonyl (C=O) groups is 1. The van der Waals surface area contributed by atoms with E-state index in [2.05, 4.69) is 31.9 Å². The molecule has 1 amide bonds. The van der Waals surface area contributed by atoms with Gasteiger partial charge < -0.3 is 4.90 Å². The third-order valence-corrected chi connectivity index (χ3v) is 4.78. The summed E-state index contributed by atoms with van der Waals surface area (Å²) in [5, 5.41) is 0.671. The monoisotopic (exact) mass is 429 g/mol. The van der Waals surface area contributed by atoms with Gasteiger partial charge in [-0.15, -0.1) is 0 Å². The average molecular weight is 432 g/mol. The zero-order valence-corrected chi connectivity index (χ0v) is 15.5. The van der Waals surface area contributed by atoms with Crippen LogP contribution in [0, 0.1) is 0 Å². The molecule has 0 saturated carbocycles. The number of halogens is 3. The Labute approximate surface area is 146 Å². The topological polar surface area (TPSA) is 20.3 Å². The molecule has 21 heavy (non-hydrogen) atoms. The van der Waals surface area contributed by atoms with Gasteiger partial charge in [0, 0.05) is 21.0 Å². The molecule has 5 heteroatoms. The van der Waals surface area contributed by atoms with Crippen molar-refractivity contribution in [2.75, 3.05) is 7.05 Å². The fourth-order valence-electron chi connectivity index (χ4n) is 2.02. The normalized spacial score (nSPS) is 12.0. The molecule has 0 radical (unpaired) electrons. The highest BCUT2D eigenvalue weighted by atomic mass is 79.9. The minimum absolute atomic E-state index is 0.0400. The van der Waals surface area contributed by atoms with Crippen LogP contribution in [0.25, 0.3) is 0 Å². The minimum atomic E-state index is -0.0632. The van der Waals surface area contributed by atoms with E-state index in [4.69, 9.17) is 11.6 Å². The van der Waals surface area contributed by atoms with E-state index in [9.17, 15) is 4.79 Å². The number of carbonyl (C=O) groups excluding carboxylic acids is 1. The van der Waals surface area contributed by atoms with E-state index < -0.39 is 0 Å². The summed E-state index contributed by atoms with van der Waals surface area (Å²) in [6.07, 6.45) is 0. The molecule has 1 unspecified atom stereocenters. The molecule has 0 aliphatic heterocycles. The van der Waals surface area contributed by atoms with Crippen LogP contribution in [-0.2, 0) is 0 Å². The standard InChI is InChI=1S/C16H14Br2ClNO/c1-10(11-4-3-5-13(19)8-11)20(2)16(21)14-7-6-12(17)9-15(14)18/h3-10H,1-2H3. The SMILES string of the molecule is CC(c1cccc(Cl)c1)N(C)C(=O)c1ccc(Br)cc1Br. The van der Waals surface area contributed by atoms with Crippen LogP contribution < -0.4 is 0 Å². The Kier molecular flexibility index (Phi) is 5.47. The molecular weight excluding hydrogens is 417 g/mol. The van der Waals surface area contributed by atoms with Crippen LogP contribution >= 0.6 is 43.5 Å². The molecule has 0 heterocycles. The molecule has 0 fully saturated rings. The Balaban J connectivity index is 2.26. The van der Waals surface area contributed by atoms with E-state index in [-0.39, 0.29) is 11.9 Å². The number of benzene rings is 2. The number of amides is 1. The van der Waals surface area contributed by atoms with Gasteiger partial charge >= 0.3 is 0 Å². The van der Waals surface area contributed by atoms with Gasteiger partial charge in [-0.1, -0.05) is 39.7 Å². The van der Waals surface area contributed by atoms with Crippen molar-refractivity contribution in [2.24, 2.45) is 0 Å². The highest BCUT2D eigenvalue weighted by Gasteiger charge is 2.20. The van der Waals surface area contributed by atoms with Gasteiger partial charge in [-0.25, -0.2) is 0 Å². The Morgan fingerprint density at radius 3 is 2.52 bits per heavy atom. The maximum absolute atomic E-state index is 12.6. The second-order valence-electron chi connectivity index (χ2n) is 4.77. The van der Waals surface area contributed by atoms with Crippen molar-refractivity contribution in [2.45, 2.75) is 13.0 Å². The van der Waals surface area contributed by atoms with E-state index in [1.54, 1.807) is 18.0 Å². The second-order valence-corrected chi connectivity index (χ2v) is 6.98. The van der Waals surface area contributed by atoms with E-state index in [0.717, 1.165) is 14.5 Å². The van der Waals surface area contributed by atoms with Crippen molar-refractivity contribution in [1.29, 1.82) is 0 Å². The first-order chi connectivity index (χ1) is 9.90. The molecule has 1 atom stereocenters. The maximum Gasteiger partial charge on any atom is 0.255 e. The Bertz CT molecular complexity index is 675. The molecule has 2 aromatic carbocycles. The van der Waals surface area contributed by atoms with Gasteiger partial charge in [0.1, 0.15) is 0 Å². The maximum atomic E-state index is 12.6. The van der Waals surface area contributed by atoms with Crippen LogP contribution in [0.3, 0.4) is 0 Å². The minimum Gasteiger partial charge on any atom is -0.335 e. The van der Waals surface area contributed by atoms with E-state index in [1.165, 1.54) is 0 Å². The molecule has 0 aromatic heterocycles. The predicted octanol–water partition coefficient (Wildman–Crippen LogP) is 5.70. The molecule has 0 bridgehead atoms. The van der Waals surface area contributed by atoms with E-state index >= 15 is 0 Å². The zero-order valence-electron chi connectivity index (χ0n) is 11.6. The van der Waals surface area contributed by atoms with Crippen molar-refractivity contribution < 1.29 is 4.79 Å². The van der Waals surface area contributed by atoms with Crippen LogP contribution in [-0.4, -0.2) is 17.9 Å². The summed E-state index contributed by atoms with van der Waals surface area (Å²) in [6, 6.07) is 13.0. The van der Waals surface area contributed by atoms with Crippen molar-refractivity contribution in [1.82, 2.24) is 4.90 Å². The lowest BCUT2D eigenvalue weighted by atomic mass is 10.1. The lowest BCUT2D eigenvalue weighted by Gasteiger charge is -2.26. The summed E-state index contributed by atoms with van der Waals surface area (Å²) in [4.78, 5) is 14.3. The van der Waals surface area contributed by atoms with Gasteiger partial charge in [0.2, 0.25) is 0 Å². The molecular formula is C16H14Br2ClNO. The smallest absolute Gasteiger partial charge is 0.255 e. The molecule has 0 N–H and O–H groups in total. The molecule has 110 valence electrons. The van der Waals surface area contributed by atoms with Gasteiger partial charge in [-0.05, 0) is 58.7 Å².